The lowest BCUT2D eigenvalue weighted by Gasteiger charge is -2.33. The molecule has 25 heavy (non-hydrogen) atoms. The van der Waals surface area contributed by atoms with Crippen molar-refractivity contribution in [2.75, 3.05) is 18.2 Å². The van der Waals surface area contributed by atoms with E-state index in [0.717, 1.165) is 13.0 Å². The van der Waals surface area contributed by atoms with E-state index >= 15 is 0 Å². The summed E-state index contributed by atoms with van der Waals surface area (Å²) >= 11 is 1.65. The largest absolute Gasteiger partial charge is 0.336 e. The van der Waals surface area contributed by atoms with Gasteiger partial charge < -0.3 is 9.80 Å². The van der Waals surface area contributed by atoms with Crippen LogP contribution in [0.25, 0.3) is 0 Å². The Hall–Kier alpha value is -2.27. The number of nitrogens with zero attached hydrogens (tertiary/aromatic N) is 2. The zero-order valence-corrected chi connectivity index (χ0v) is 14.7. The lowest BCUT2D eigenvalue weighted by molar-refractivity contribution is -0.135. The number of rotatable bonds is 2. The molecule has 0 radical (unpaired) electrons. The van der Waals surface area contributed by atoms with Gasteiger partial charge in [-0.2, -0.15) is 0 Å². The first-order chi connectivity index (χ1) is 12.2. The van der Waals surface area contributed by atoms with Crippen molar-refractivity contribution in [3.8, 4) is 0 Å². The van der Waals surface area contributed by atoms with E-state index in [9.17, 15) is 9.59 Å². The minimum absolute atomic E-state index is 0.0543. The summed E-state index contributed by atoms with van der Waals surface area (Å²) in [7, 11) is 0. The quantitative estimate of drug-likeness (QED) is 0.834. The molecule has 2 aromatic rings. The van der Waals surface area contributed by atoms with Crippen molar-refractivity contribution in [2.45, 2.75) is 19.0 Å². The van der Waals surface area contributed by atoms with E-state index in [-0.39, 0.29) is 17.9 Å². The Morgan fingerprint density at radius 2 is 1.68 bits per heavy atom. The van der Waals surface area contributed by atoms with Gasteiger partial charge in [0.1, 0.15) is 6.04 Å². The SMILES string of the molecule is O=C(C1CSCN1C(=O)c1ccccc1)N1CCc2ccccc2C1. The summed E-state index contributed by atoms with van der Waals surface area (Å²) in [5, 5.41) is 0. The molecule has 4 rings (SSSR count). The van der Waals surface area contributed by atoms with Crippen LogP contribution in [0.3, 0.4) is 0 Å². The zero-order chi connectivity index (χ0) is 17.2. The van der Waals surface area contributed by atoms with Gasteiger partial charge in [-0.1, -0.05) is 42.5 Å². The second-order valence-electron chi connectivity index (χ2n) is 6.44. The van der Waals surface area contributed by atoms with Crippen LogP contribution < -0.4 is 0 Å². The van der Waals surface area contributed by atoms with Crippen LogP contribution in [0, 0.1) is 0 Å². The van der Waals surface area contributed by atoms with Crippen molar-refractivity contribution >= 4 is 23.6 Å². The fraction of sp³-hybridized carbons (Fsp3) is 0.300. The molecule has 2 aliphatic heterocycles. The van der Waals surface area contributed by atoms with Crippen LogP contribution in [0.15, 0.2) is 54.6 Å². The molecular weight excluding hydrogens is 332 g/mol. The smallest absolute Gasteiger partial charge is 0.255 e. The van der Waals surface area contributed by atoms with Crippen molar-refractivity contribution in [3.63, 3.8) is 0 Å². The maximum atomic E-state index is 13.1. The number of carbonyl (C=O) groups is 2. The van der Waals surface area contributed by atoms with Crippen LogP contribution in [0.1, 0.15) is 21.5 Å². The van der Waals surface area contributed by atoms with Crippen LogP contribution in [0.2, 0.25) is 0 Å². The first-order valence-electron chi connectivity index (χ1n) is 8.53. The fourth-order valence-corrected chi connectivity index (χ4v) is 4.63. The molecule has 0 aliphatic carbocycles. The summed E-state index contributed by atoms with van der Waals surface area (Å²) in [5.74, 6) is 1.27. The second-order valence-corrected chi connectivity index (χ2v) is 7.43. The Kier molecular flexibility index (Phi) is 4.49. The third-order valence-electron chi connectivity index (χ3n) is 4.89. The van der Waals surface area contributed by atoms with Gasteiger partial charge in [0, 0.05) is 24.4 Å². The van der Waals surface area contributed by atoms with E-state index in [0.29, 0.717) is 23.7 Å². The molecule has 0 spiro atoms. The van der Waals surface area contributed by atoms with Crippen LogP contribution in [0.5, 0.6) is 0 Å². The average molecular weight is 352 g/mol. The maximum Gasteiger partial charge on any atom is 0.255 e. The normalized spacial score (nSPS) is 19.6. The molecular formula is C20H20N2O2S. The van der Waals surface area contributed by atoms with E-state index in [2.05, 4.69) is 12.1 Å². The number of hydrogen-bond donors (Lipinski definition) is 0. The molecule has 1 atom stereocenters. The van der Waals surface area contributed by atoms with E-state index in [1.807, 2.05) is 47.4 Å². The van der Waals surface area contributed by atoms with Crippen LogP contribution in [-0.2, 0) is 17.8 Å². The number of hydrogen-bond acceptors (Lipinski definition) is 3. The highest BCUT2D eigenvalue weighted by molar-refractivity contribution is 7.99. The average Bonchev–Trinajstić information content (AvgIpc) is 3.17. The van der Waals surface area contributed by atoms with Crippen LogP contribution >= 0.6 is 11.8 Å². The first-order valence-corrected chi connectivity index (χ1v) is 9.69. The molecule has 1 unspecified atom stereocenters. The highest BCUT2D eigenvalue weighted by Gasteiger charge is 2.38. The van der Waals surface area contributed by atoms with Gasteiger partial charge in [0.05, 0.1) is 5.88 Å². The molecule has 0 aromatic heterocycles. The molecule has 5 heteroatoms. The lowest BCUT2D eigenvalue weighted by atomic mass is 9.99. The summed E-state index contributed by atoms with van der Waals surface area (Å²) in [5.41, 5.74) is 3.19. The molecule has 1 fully saturated rings. The van der Waals surface area contributed by atoms with Crippen molar-refractivity contribution in [1.82, 2.24) is 9.80 Å². The first kappa shape index (κ1) is 16.2. The highest BCUT2D eigenvalue weighted by Crippen LogP contribution is 2.27. The summed E-state index contributed by atoms with van der Waals surface area (Å²) in [6, 6.07) is 17.1. The molecule has 4 nitrogen and oxygen atoms in total. The number of carbonyl (C=O) groups excluding carboxylic acids is 2. The van der Waals surface area contributed by atoms with Gasteiger partial charge in [-0.3, -0.25) is 9.59 Å². The minimum atomic E-state index is -0.358. The van der Waals surface area contributed by atoms with Crippen molar-refractivity contribution < 1.29 is 9.59 Å². The fourth-order valence-electron chi connectivity index (χ4n) is 3.49. The van der Waals surface area contributed by atoms with Gasteiger partial charge in [0.25, 0.3) is 5.91 Å². The Morgan fingerprint density at radius 3 is 2.48 bits per heavy atom. The van der Waals surface area contributed by atoms with Crippen molar-refractivity contribution in [1.29, 1.82) is 0 Å². The van der Waals surface area contributed by atoms with Gasteiger partial charge in [-0.25, -0.2) is 0 Å². The number of amides is 2. The number of benzene rings is 2. The summed E-state index contributed by atoms with van der Waals surface area (Å²) < 4.78 is 0. The van der Waals surface area contributed by atoms with E-state index < -0.39 is 0 Å². The van der Waals surface area contributed by atoms with E-state index in [1.54, 1.807) is 16.7 Å². The summed E-state index contributed by atoms with van der Waals surface area (Å²) in [6.45, 7) is 1.37. The van der Waals surface area contributed by atoms with Gasteiger partial charge in [0.15, 0.2) is 0 Å². The summed E-state index contributed by atoms with van der Waals surface area (Å²) in [4.78, 5) is 29.5. The molecule has 0 bridgehead atoms. The predicted molar refractivity (Wildman–Crippen MR) is 99.3 cm³/mol. The molecule has 128 valence electrons. The topological polar surface area (TPSA) is 40.6 Å². The van der Waals surface area contributed by atoms with E-state index in [1.165, 1.54) is 11.1 Å². The standard InChI is InChI=1S/C20H20N2O2S/c23-19(16-7-2-1-3-8-16)22-14-25-13-18(22)20(24)21-11-10-15-6-4-5-9-17(15)12-21/h1-9,18H,10-14H2. The molecule has 2 heterocycles. The predicted octanol–water partition coefficient (Wildman–Crippen LogP) is 2.79. The summed E-state index contributed by atoms with van der Waals surface area (Å²) in [6.07, 6.45) is 0.883. The molecule has 0 N–H and O–H groups in total. The Balaban J connectivity index is 1.51. The molecule has 2 aromatic carbocycles. The second kappa shape index (κ2) is 6.92. The molecule has 0 saturated carbocycles. The molecule has 2 aliphatic rings. The monoisotopic (exact) mass is 352 g/mol. The van der Waals surface area contributed by atoms with Gasteiger partial charge in [-0.15, -0.1) is 11.8 Å². The Morgan fingerprint density at radius 1 is 0.960 bits per heavy atom. The van der Waals surface area contributed by atoms with Crippen LogP contribution in [-0.4, -0.2) is 45.8 Å². The van der Waals surface area contributed by atoms with E-state index in [4.69, 9.17) is 0 Å². The number of thioether (sulfide) groups is 1. The minimum Gasteiger partial charge on any atom is -0.336 e. The van der Waals surface area contributed by atoms with Gasteiger partial charge in [0.2, 0.25) is 5.91 Å². The third kappa shape index (κ3) is 3.16. The lowest BCUT2D eigenvalue weighted by Crippen LogP contribution is -2.50. The van der Waals surface area contributed by atoms with Crippen molar-refractivity contribution in [2.24, 2.45) is 0 Å². The molecule has 1 saturated heterocycles. The Labute approximate surface area is 151 Å². The van der Waals surface area contributed by atoms with Crippen molar-refractivity contribution in [3.05, 3.63) is 71.3 Å². The molecule has 2 amide bonds. The maximum absolute atomic E-state index is 13.1. The van der Waals surface area contributed by atoms with Crippen LogP contribution in [0.4, 0.5) is 0 Å². The van der Waals surface area contributed by atoms with Gasteiger partial charge in [-0.05, 0) is 29.7 Å². The third-order valence-corrected chi connectivity index (χ3v) is 5.90. The van der Waals surface area contributed by atoms with Gasteiger partial charge >= 0.3 is 0 Å². The number of fused-ring (bicyclic) bond motifs is 1. The zero-order valence-electron chi connectivity index (χ0n) is 13.9. The Bertz CT molecular complexity index is 793. The highest BCUT2D eigenvalue weighted by atomic mass is 32.2.